The second-order valence-electron chi connectivity index (χ2n) is 5.86. The smallest absolute Gasteiger partial charge is 0.378 e. The lowest BCUT2D eigenvalue weighted by Gasteiger charge is -2.38. The van der Waals surface area contributed by atoms with E-state index in [9.17, 15) is 44.7 Å². The molecule has 0 rings (SSSR count). The number of hydrogen-bond donors (Lipinski definition) is 2. The number of rotatable bonds is 13. The first kappa shape index (κ1) is 27.8. The van der Waals surface area contributed by atoms with E-state index in [2.05, 4.69) is 22.6 Å². The standard InChI is InChI=1S/C16H18F8O6/c1-3-11(27)29-9(7-25)5-13(17,18)15(21,22)16(23,24)14(19,20)6-10(8-26)30-12(28)4-2/h3-4,9-10,25-26H,1-2,5-8H2. The van der Waals surface area contributed by atoms with Crippen LogP contribution in [0.15, 0.2) is 25.3 Å². The molecular weight excluding hydrogens is 440 g/mol. The molecule has 174 valence electrons. The third-order valence-corrected chi connectivity index (χ3v) is 3.59. The first-order valence-corrected chi connectivity index (χ1v) is 7.92. The Morgan fingerprint density at radius 3 is 1.20 bits per heavy atom. The Hall–Kier alpha value is -2.22. The van der Waals surface area contributed by atoms with Crippen LogP contribution in [0.1, 0.15) is 12.8 Å². The molecule has 6 nitrogen and oxygen atoms in total. The molecule has 0 aromatic carbocycles. The van der Waals surface area contributed by atoms with Crippen LogP contribution in [0, 0.1) is 0 Å². The number of aliphatic hydroxyl groups is 2. The molecule has 0 aliphatic heterocycles. The van der Waals surface area contributed by atoms with Crippen molar-refractivity contribution in [3.05, 3.63) is 25.3 Å². The van der Waals surface area contributed by atoms with Crippen LogP contribution in [0.3, 0.4) is 0 Å². The molecule has 0 bridgehead atoms. The number of hydrogen-bond acceptors (Lipinski definition) is 6. The third-order valence-electron chi connectivity index (χ3n) is 3.59. The molecule has 0 aromatic rings. The largest absolute Gasteiger partial charge is 0.457 e. The van der Waals surface area contributed by atoms with Crippen molar-refractivity contribution in [2.75, 3.05) is 13.2 Å². The van der Waals surface area contributed by atoms with Gasteiger partial charge in [0.05, 0.1) is 26.1 Å². The lowest BCUT2D eigenvalue weighted by molar-refractivity contribution is -0.372. The molecule has 0 radical (unpaired) electrons. The summed E-state index contributed by atoms with van der Waals surface area (Å²) in [5.41, 5.74) is 0. The molecule has 0 amide bonds. The van der Waals surface area contributed by atoms with Gasteiger partial charge in [-0.2, -0.15) is 35.1 Å². The Kier molecular flexibility index (Phi) is 9.44. The van der Waals surface area contributed by atoms with Gasteiger partial charge in [0.1, 0.15) is 12.2 Å². The molecule has 0 saturated heterocycles. The number of carbonyl (C=O) groups excluding carboxylic acids is 2. The van der Waals surface area contributed by atoms with E-state index in [0.717, 1.165) is 0 Å². The minimum absolute atomic E-state index is 0.390. The van der Waals surface area contributed by atoms with Gasteiger partial charge >= 0.3 is 35.6 Å². The summed E-state index contributed by atoms with van der Waals surface area (Å²) >= 11 is 0. The van der Waals surface area contributed by atoms with Gasteiger partial charge in [-0.25, -0.2) is 9.59 Å². The summed E-state index contributed by atoms with van der Waals surface area (Å²) in [5.74, 6) is -28.2. The highest BCUT2D eigenvalue weighted by Gasteiger charge is 2.80. The first-order valence-electron chi connectivity index (χ1n) is 7.92. The molecule has 0 heterocycles. The fraction of sp³-hybridized carbons (Fsp3) is 0.625. The molecule has 0 aliphatic carbocycles. The van der Waals surface area contributed by atoms with Crippen LogP contribution in [0.4, 0.5) is 35.1 Å². The second kappa shape index (κ2) is 10.2. The Bertz CT molecular complexity index is 583. The SMILES string of the molecule is C=CC(=O)OC(CO)CC(F)(F)C(F)(F)C(F)(F)C(F)(F)CC(CO)OC(=O)C=C. The van der Waals surface area contributed by atoms with E-state index in [0.29, 0.717) is 12.2 Å². The van der Waals surface area contributed by atoms with Gasteiger partial charge in [0.15, 0.2) is 0 Å². The maximum Gasteiger partial charge on any atom is 0.378 e. The number of carbonyl (C=O) groups is 2. The predicted molar refractivity (Wildman–Crippen MR) is 83.3 cm³/mol. The maximum atomic E-state index is 13.9. The molecule has 0 spiro atoms. The van der Waals surface area contributed by atoms with Crippen LogP contribution >= 0.6 is 0 Å². The lowest BCUT2D eigenvalue weighted by Crippen LogP contribution is -2.63. The molecule has 0 aliphatic rings. The molecule has 14 heteroatoms. The van der Waals surface area contributed by atoms with Gasteiger partial charge in [0.25, 0.3) is 0 Å². The quantitative estimate of drug-likeness (QED) is 0.250. The van der Waals surface area contributed by atoms with Gasteiger partial charge in [-0.3, -0.25) is 0 Å². The van der Waals surface area contributed by atoms with E-state index in [-0.39, 0.29) is 0 Å². The van der Waals surface area contributed by atoms with Crippen molar-refractivity contribution in [3.63, 3.8) is 0 Å². The van der Waals surface area contributed by atoms with Crippen LogP contribution in [0.5, 0.6) is 0 Å². The van der Waals surface area contributed by atoms with Crippen LogP contribution in [0.2, 0.25) is 0 Å². The average Bonchev–Trinajstić information content (AvgIpc) is 2.65. The van der Waals surface area contributed by atoms with Crippen LogP contribution in [-0.4, -0.2) is 71.3 Å². The van der Waals surface area contributed by atoms with Crippen molar-refractivity contribution in [2.24, 2.45) is 0 Å². The zero-order chi connectivity index (χ0) is 24.0. The fourth-order valence-corrected chi connectivity index (χ4v) is 2.00. The maximum absolute atomic E-state index is 13.9. The van der Waals surface area contributed by atoms with Gasteiger partial charge < -0.3 is 19.7 Å². The van der Waals surface area contributed by atoms with Crippen molar-refractivity contribution in [1.82, 2.24) is 0 Å². The highest BCUT2D eigenvalue weighted by molar-refractivity contribution is 5.81. The second-order valence-corrected chi connectivity index (χ2v) is 5.86. The van der Waals surface area contributed by atoms with Crippen molar-refractivity contribution in [3.8, 4) is 0 Å². The molecule has 30 heavy (non-hydrogen) atoms. The summed E-state index contributed by atoms with van der Waals surface area (Å²) in [6.07, 6.45) is -8.98. The fourth-order valence-electron chi connectivity index (χ4n) is 2.00. The minimum atomic E-state index is -6.72. The van der Waals surface area contributed by atoms with Gasteiger partial charge in [-0.15, -0.1) is 0 Å². The van der Waals surface area contributed by atoms with Crippen molar-refractivity contribution in [1.29, 1.82) is 0 Å². The Morgan fingerprint density at radius 2 is 1.00 bits per heavy atom. The molecule has 2 unspecified atom stereocenters. The molecule has 2 atom stereocenters. The summed E-state index contributed by atoms with van der Waals surface area (Å²) in [7, 11) is 0. The van der Waals surface area contributed by atoms with Gasteiger partial charge in [-0.05, 0) is 0 Å². The Labute approximate surface area is 164 Å². The molecule has 0 saturated carbocycles. The average molecular weight is 458 g/mol. The normalized spacial score (nSPS) is 15.1. The summed E-state index contributed by atoms with van der Waals surface area (Å²) < 4.78 is 119. The topological polar surface area (TPSA) is 93.1 Å². The van der Waals surface area contributed by atoms with Crippen molar-refractivity contribution >= 4 is 11.9 Å². The van der Waals surface area contributed by atoms with E-state index >= 15 is 0 Å². The summed E-state index contributed by atoms with van der Waals surface area (Å²) in [4.78, 5) is 21.8. The zero-order valence-electron chi connectivity index (χ0n) is 15.1. The van der Waals surface area contributed by atoms with Crippen LogP contribution in [0.25, 0.3) is 0 Å². The number of aliphatic hydroxyl groups excluding tert-OH is 2. The van der Waals surface area contributed by atoms with Gasteiger partial charge in [0.2, 0.25) is 0 Å². The molecular formula is C16H18F8O6. The van der Waals surface area contributed by atoms with E-state index in [4.69, 9.17) is 10.2 Å². The van der Waals surface area contributed by atoms with E-state index in [1.807, 2.05) is 0 Å². The Balaban J connectivity index is 5.76. The first-order chi connectivity index (χ1) is 13.5. The number of alkyl halides is 8. The number of esters is 2. The molecule has 0 fully saturated rings. The molecule has 2 N–H and O–H groups in total. The zero-order valence-corrected chi connectivity index (χ0v) is 15.1. The summed E-state index contributed by atoms with van der Waals surface area (Å²) in [6.45, 7) is 2.67. The monoisotopic (exact) mass is 458 g/mol. The highest BCUT2D eigenvalue weighted by atomic mass is 19.4. The summed E-state index contributed by atoms with van der Waals surface area (Å²) in [5, 5.41) is 17.6. The van der Waals surface area contributed by atoms with Crippen molar-refractivity contribution in [2.45, 2.75) is 48.7 Å². The van der Waals surface area contributed by atoms with Crippen LogP contribution < -0.4 is 0 Å². The van der Waals surface area contributed by atoms with E-state index in [1.54, 1.807) is 0 Å². The predicted octanol–water partition coefficient (Wildman–Crippen LogP) is 2.49. The summed E-state index contributed by atoms with van der Waals surface area (Å²) in [6, 6.07) is 0. The Morgan fingerprint density at radius 1 is 0.733 bits per heavy atom. The molecule has 0 aromatic heterocycles. The van der Waals surface area contributed by atoms with Gasteiger partial charge in [0, 0.05) is 12.2 Å². The number of halogens is 8. The van der Waals surface area contributed by atoms with E-state index < -0.39 is 73.9 Å². The van der Waals surface area contributed by atoms with Crippen molar-refractivity contribution < 1.29 is 64.4 Å². The number of ether oxygens (including phenoxy) is 2. The lowest BCUT2D eigenvalue weighted by atomic mass is 9.92. The van der Waals surface area contributed by atoms with Crippen LogP contribution in [-0.2, 0) is 19.1 Å². The van der Waals surface area contributed by atoms with E-state index in [1.165, 1.54) is 0 Å². The third kappa shape index (κ3) is 6.14. The minimum Gasteiger partial charge on any atom is -0.457 e. The van der Waals surface area contributed by atoms with Gasteiger partial charge in [-0.1, -0.05) is 13.2 Å². The highest BCUT2D eigenvalue weighted by Crippen LogP contribution is 2.55.